The first-order valence-electron chi connectivity index (χ1n) is 17.7. The highest BCUT2D eigenvalue weighted by atomic mass is 35.5. The van der Waals surface area contributed by atoms with E-state index in [1.165, 1.54) is 11.1 Å². The Bertz CT molecular complexity index is 1870. The minimum Gasteiger partial charge on any atom is -0.491 e. The quantitative estimate of drug-likeness (QED) is 0.290. The second kappa shape index (κ2) is 16.1. The molecule has 50 heavy (non-hydrogen) atoms. The lowest BCUT2D eigenvalue weighted by molar-refractivity contribution is -0.119. The largest absolute Gasteiger partial charge is 0.491 e. The van der Waals surface area contributed by atoms with Crippen molar-refractivity contribution in [2.45, 2.75) is 77.4 Å². The van der Waals surface area contributed by atoms with Crippen molar-refractivity contribution in [3.05, 3.63) is 87.7 Å². The molecule has 10 nitrogen and oxygen atoms in total. The van der Waals surface area contributed by atoms with E-state index in [9.17, 15) is 13.8 Å². The highest BCUT2D eigenvalue weighted by Gasteiger charge is 2.38. The molecule has 0 saturated heterocycles. The predicted molar refractivity (Wildman–Crippen MR) is 197 cm³/mol. The first-order valence-corrected chi connectivity index (χ1v) is 19.7. The molecule has 0 radical (unpaired) electrons. The van der Waals surface area contributed by atoms with E-state index in [0.29, 0.717) is 60.6 Å². The average molecular weight is 722 g/mol. The lowest BCUT2D eigenvalue weighted by atomic mass is 9.70. The summed E-state index contributed by atoms with van der Waals surface area (Å²) in [5.41, 5.74) is 5.24. The van der Waals surface area contributed by atoms with Gasteiger partial charge in [-0.15, -0.1) is 4.36 Å². The van der Waals surface area contributed by atoms with Crippen LogP contribution in [-0.4, -0.2) is 57.9 Å². The van der Waals surface area contributed by atoms with Crippen LogP contribution in [0.15, 0.2) is 59.0 Å². The van der Waals surface area contributed by atoms with Crippen LogP contribution in [0, 0.1) is 18.8 Å². The number of methoxy groups -OCH3 is 1. The summed E-state index contributed by atoms with van der Waals surface area (Å²) in [6.45, 7) is 3.78. The second-order valence-electron chi connectivity index (χ2n) is 13.7. The van der Waals surface area contributed by atoms with E-state index >= 15 is 0 Å². The van der Waals surface area contributed by atoms with Gasteiger partial charge in [-0.2, -0.15) is 5.10 Å². The molecule has 1 unspecified atom stereocenters. The predicted octanol–water partition coefficient (Wildman–Crippen LogP) is 6.77. The summed E-state index contributed by atoms with van der Waals surface area (Å²) in [5, 5.41) is 5.06. The molecular weight excluding hydrogens is 674 g/mol. The summed E-state index contributed by atoms with van der Waals surface area (Å²) < 4.78 is 35.3. The molecule has 268 valence electrons. The van der Waals surface area contributed by atoms with E-state index in [1.807, 2.05) is 38.2 Å². The van der Waals surface area contributed by atoms with Gasteiger partial charge in [-0.1, -0.05) is 29.8 Å². The van der Waals surface area contributed by atoms with Gasteiger partial charge in [0.15, 0.2) is 0 Å². The van der Waals surface area contributed by atoms with Gasteiger partial charge in [0.1, 0.15) is 15.7 Å². The van der Waals surface area contributed by atoms with Gasteiger partial charge in [-0.3, -0.25) is 19.0 Å². The van der Waals surface area contributed by atoms with Crippen molar-refractivity contribution in [1.29, 1.82) is 0 Å². The Morgan fingerprint density at radius 1 is 1.12 bits per heavy atom. The van der Waals surface area contributed by atoms with Crippen LogP contribution in [0.5, 0.6) is 5.75 Å². The molecule has 1 aliphatic carbocycles. The van der Waals surface area contributed by atoms with Crippen LogP contribution < -0.4 is 14.4 Å². The number of anilines is 1. The number of nitrogens with zero attached hydrogens (tertiary/aromatic N) is 4. The van der Waals surface area contributed by atoms with Crippen molar-refractivity contribution < 1.29 is 23.3 Å². The molecule has 2 aliphatic heterocycles. The number of carbonyl (C=O) groups is 2. The van der Waals surface area contributed by atoms with Crippen LogP contribution in [0.2, 0.25) is 5.02 Å². The van der Waals surface area contributed by atoms with Crippen LogP contribution in [0.25, 0.3) is 0 Å². The number of aromatic nitrogens is 2. The Hall–Kier alpha value is -3.67. The number of ether oxygens (including phenoxy) is 2. The monoisotopic (exact) mass is 721 g/mol. The van der Waals surface area contributed by atoms with Crippen LogP contribution in [0.3, 0.4) is 0 Å². The number of rotatable bonds is 5. The topological polar surface area (TPSA) is 115 Å². The first-order chi connectivity index (χ1) is 24.1. The number of amides is 2. The van der Waals surface area contributed by atoms with Crippen molar-refractivity contribution in [3.63, 3.8) is 0 Å². The summed E-state index contributed by atoms with van der Waals surface area (Å²) in [6.07, 6.45) is 10.6. The number of benzene rings is 2. The fraction of sp³-hybridized carbons (Fsp3) is 0.500. The number of allylic oxidation sites excluding steroid dienone is 1. The summed E-state index contributed by atoms with van der Waals surface area (Å²) in [6, 6.07) is 13.3. The molecular formula is C38H48ClN5O5S. The minimum atomic E-state index is -3.43. The van der Waals surface area contributed by atoms with Gasteiger partial charge in [-0.05, 0) is 118 Å². The molecule has 0 spiro atoms. The fourth-order valence-corrected chi connectivity index (χ4v) is 9.11. The van der Waals surface area contributed by atoms with Gasteiger partial charge in [0.2, 0.25) is 5.91 Å². The molecule has 3 aromatic rings. The highest BCUT2D eigenvalue weighted by molar-refractivity contribution is 7.92. The van der Waals surface area contributed by atoms with Crippen molar-refractivity contribution in [1.82, 2.24) is 14.5 Å². The molecule has 3 heterocycles. The van der Waals surface area contributed by atoms with E-state index in [-0.39, 0.29) is 18.3 Å². The van der Waals surface area contributed by atoms with Gasteiger partial charge in [0.05, 0.1) is 29.8 Å². The standard InChI is InChI=1S/C38H48ClN5O5S/c1-26-21-32(43(2)40-26)15-18-37(45)41-50(47)20-8-4-5-10-35(48-3)33-16-12-30(33)25-44-24-29-11-14-31(39)22-27(29)9-6-7-19-49-36-17-13-28(23-34(36)44)38(46)42-50/h5,10-11,13-14,17,21-23,30,33,35H,4,6-9,12,15-16,18-20,24-25H2,1-3H3,(H,41,42,45,46,47)/b10-5+/t30-,33+,35-,50?/m0/s1. The average Bonchev–Trinajstić information content (AvgIpc) is 3.39. The zero-order valence-corrected chi connectivity index (χ0v) is 30.8. The van der Waals surface area contributed by atoms with Gasteiger partial charge < -0.3 is 14.4 Å². The van der Waals surface area contributed by atoms with Gasteiger partial charge in [-0.25, -0.2) is 4.21 Å². The van der Waals surface area contributed by atoms with Crippen molar-refractivity contribution in [2.24, 2.45) is 23.2 Å². The van der Waals surface area contributed by atoms with Crippen LogP contribution >= 0.6 is 11.6 Å². The first kappa shape index (κ1) is 36.1. The summed E-state index contributed by atoms with van der Waals surface area (Å²) >= 11 is 6.46. The number of nitrogens with one attached hydrogen (secondary N) is 1. The molecule has 4 atom stereocenters. The Morgan fingerprint density at radius 2 is 1.98 bits per heavy atom. The minimum absolute atomic E-state index is 0.0445. The van der Waals surface area contributed by atoms with Crippen LogP contribution in [0.4, 0.5) is 5.69 Å². The molecule has 12 heteroatoms. The molecule has 1 saturated carbocycles. The SMILES string of the molecule is CO[C@H]1/C=C/CCCS(=O)(NC(=O)CCc2cc(C)nn2C)=NC(=O)c2ccc3c(c2)N(Cc2ccc(Cl)cc2CCCCO3)C[C@@H]2CC[C@H]21. The zero-order chi connectivity index (χ0) is 35.3. The third-order valence-corrected chi connectivity index (χ3v) is 12.2. The normalized spacial score (nSPS) is 25.1. The Morgan fingerprint density at radius 3 is 2.74 bits per heavy atom. The smallest absolute Gasteiger partial charge is 0.286 e. The molecule has 6 rings (SSSR count). The second-order valence-corrected chi connectivity index (χ2v) is 16.2. The van der Waals surface area contributed by atoms with E-state index in [0.717, 1.165) is 55.7 Å². The lowest BCUT2D eigenvalue weighted by Crippen LogP contribution is -2.43. The van der Waals surface area contributed by atoms with Gasteiger partial charge >= 0.3 is 0 Å². The number of hydrogen-bond donors (Lipinski definition) is 1. The summed E-state index contributed by atoms with van der Waals surface area (Å²) in [4.78, 5) is 29.4. The molecule has 3 aliphatic rings. The van der Waals surface area contributed by atoms with Crippen molar-refractivity contribution in [3.8, 4) is 5.75 Å². The van der Waals surface area contributed by atoms with Crippen molar-refractivity contribution in [2.75, 3.05) is 30.9 Å². The van der Waals surface area contributed by atoms with Crippen LogP contribution in [0.1, 0.15) is 77.8 Å². The van der Waals surface area contributed by atoms with Crippen molar-refractivity contribution >= 4 is 39.0 Å². The summed E-state index contributed by atoms with van der Waals surface area (Å²) in [7, 11) is 0.158. The number of hydrogen-bond acceptors (Lipinski definition) is 7. The third-order valence-electron chi connectivity index (χ3n) is 10.1. The molecule has 2 amide bonds. The zero-order valence-electron chi connectivity index (χ0n) is 29.2. The maximum atomic E-state index is 14.3. The number of halogens is 1. The van der Waals surface area contributed by atoms with E-state index in [2.05, 4.69) is 43.4 Å². The summed E-state index contributed by atoms with van der Waals surface area (Å²) in [5.74, 6) is 0.389. The molecule has 1 fully saturated rings. The highest BCUT2D eigenvalue weighted by Crippen LogP contribution is 2.42. The molecule has 1 N–H and O–H groups in total. The Kier molecular flexibility index (Phi) is 11.7. The van der Waals surface area contributed by atoms with E-state index in [4.69, 9.17) is 21.1 Å². The molecule has 2 bridgehead atoms. The lowest BCUT2D eigenvalue weighted by Gasteiger charge is -2.43. The maximum Gasteiger partial charge on any atom is 0.286 e. The molecule has 2 aromatic carbocycles. The van der Waals surface area contributed by atoms with E-state index in [1.54, 1.807) is 17.9 Å². The van der Waals surface area contributed by atoms with Gasteiger partial charge in [0, 0.05) is 49.9 Å². The van der Waals surface area contributed by atoms with Crippen LogP contribution in [-0.2, 0) is 45.9 Å². The number of aryl methyl sites for hydroxylation is 4. The number of fused-ring (bicyclic) bond motifs is 3. The molecule has 1 aromatic heterocycles. The Labute approximate surface area is 300 Å². The van der Waals surface area contributed by atoms with E-state index < -0.39 is 21.7 Å². The number of carbonyl (C=O) groups excluding carboxylic acids is 2. The van der Waals surface area contributed by atoms with Gasteiger partial charge in [0.25, 0.3) is 5.91 Å². The Balaban J connectivity index is 1.37. The third kappa shape index (κ3) is 8.79. The fourth-order valence-electron chi connectivity index (χ4n) is 7.29. The maximum absolute atomic E-state index is 14.3.